The van der Waals surface area contributed by atoms with Crippen LogP contribution in [0.5, 0.6) is 5.75 Å². The fourth-order valence-electron chi connectivity index (χ4n) is 1.04. The number of aromatic nitrogens is 1. The third-order valence-electron chi connectivity index (χ3n) is 1.74. The van der Waals surface area contributed by atoms with Gasteiger partial charge in [0.15, 0.2) is 0 Å². The highest BCUT2D eigenvalue weighted by atomic mass is 16.5. The molecule has 2 N–H and O–H groups in total. The topological polar surface area (TPSA) is 88.5 Å². The minimum absolute atomic E-state index is 0.0688. The van der Waals surface area contributed by atoms with Crippen LogP contribution in [0.25, 0.3) is 0 Å². The van der Waals surface area contributed by atoms with E-state index in [4.69, 9.17) is 0 Å². The Morgan fingerprint density at radius 2 is 2.31 bits per heavy atom. The smallest absolute Gasteiger partial charge is 0.325 e. The first-order valence-electron chi connectivity index (χ1n) is 4.72. The molecule has 1 aromatic rings. The summed E-state index contributed by atoms with van der Waals surface area (Å²) in [5.41, 5.74) is 0.0688. The van der Waals surface area contributed by atoms with Crippen molar-refractivity contribution in [2.24, 2.45) is 0 Å². The molecule has 0 aromatic carbocycles. The van der Waals surface area contributed by atoms with Crippen molar-refractivity contribution in [2.45, 2.75) is 6.92 Å². The van der Waals surface area contributed by atoms with Gasteiger partial charge >= 0.3 is 5.97 Å². The molecular weight excluding hydrogens is 212 g/mol. The number of nitrogens with one attached hydrogen (secondary N) is 1. The molecule has 1 amide bonds. The average molecular weight is 224 g/mol. The molecule has 0 saturated heterocycles. The Labute approximate surface area is 92.3 Å². The van der Waals surface area contributed by atoms with Crippen LogP contribution in [-0.2, 0) is 9.53 Å². The predicted molar refractivity (Wildman–Crippen MR) is 54.9 cm³/mol. The van der Waals surface area contributed by atoms with Crippen LogP contribution in [0.4, 0.5) is 0 Å². The van der Waals surface area contributed by atoms with Gasteiger partial charge in [0, 0.05) is 6.20 Å². The molecule has 0 spiro atoms. The molecule has 0 radical (unpaired) electrons. The fraction of sp³-hybridized carbons (Fsp3) is 0.300. The summed E-state index contributed by atoms with van der Waals surface area (Å²) in [4.78, 5) is 26.0. The van der Waals surface area contributed by atoms with Gasteiger partial charge in [0.05, 0.1) is 18.4 Å². The van der Waals surface area contributed by atoms with Crippen molar-refractivity contribution in [2.75, 3.05) is 13.2 Å². The lowest BCUT2D eigenvalue weighted by atomic mass is 10.2. The molecular formula is C10H12N2O4. The second-order valence-corrected chi connectivity index (χ2v) is 2.88. The van der Waals surface area contributed by atoms with E-state index in [1.54, 1.807) is 6.92 Å². The SMILES string of the molecule is CCOC(=O)CNC(=O)c1ccncc1O. The van der Waals surface area contributed by atoms with Crippen LogP contribution in [0.1, 0.15) is 17.3 Å². The van der Waals surface area contributed by atoms with Gasteiger partial charge < -0.3 is 15.2 Å². The lowest BCUT2D eigenvalue weighted by Gasteiger charge is -2.05. The van der Waals surface area contributed by atoms with Crippen LogP contribution < -0.4 is 5.32 Å². The van der Waals surface area contributed by atoms with E-state index in [2.05, 4.69) is 15.0 Å². The molecule has 1 heterocycles. The second-order valence-electron chi connectivity index (χ2n) is 2.88. The van der Waals surface area contributed by atoms with Gasteiger partial charge in [-0.1, -0.05) is 0 Å². The summed E-state index contributed by atoms with van der Waals surface area (Å²) < 4.78 is 4.63. The van der Waals surface area contributed by atoms with Crippen molar-refractivity contribution < 1.29 is 19.4 Å². The number of nitrogens with zero attached hydrogens (tertiary/aromatic N) is 1. The van der Waals surface area contributed by atoms with Gasteiger partial charge in [-0.2, -0.15) is 0 Å². The van der Waals surface area contributed by atoms with Gasteiger partial charge in [-0.05, 0) is 13.0 Å². The van der Waals surface area contributed by atoms with Gasteiger partial charge in [0.2, 0.25) is 0 Å². The summed E-state index contributed by atoms with van der Waals surface area (Å²) in [6.45, 7) is 1.71. The number of amides is 1. The maximum Gasteiger partial charge on any atom is 0.325 e. The van der Waals surface area contributed by atoms with Crippen LogP contribution in [0.2, 0.25) is 0 Å². The van der Waals surface area contributed by atoms with Crippen molar-refractivity contribution in [3.63, 3.8) is 0 Å². The van der Waals surface area contributed by atoms with Crippen molar-refractivity contribution in [3.8, 4) is 5.75 Å². The molecule has 86 valence electrons. The van der Waals surface area contributed by atoms with Crippen LogP contribution >= 0.6 is 0 Å². The van der Waals surface area contributed by atoms with E-state index in [1.165, 1.54) is 12.3 Å². The van der Waals surface area contributed by atoms with E-state index < -0.39 is 11.9 Å². The Balaban J connectivity index is 2.54. The highest BCUT2D eigenvalue weighted by Gasteiger charge is 2.11. The Morgan fingerprint density at radius 3 is 2.94 bits per heavy atom. The second kappa shape index (κ2) is 5.69. The zero-order chi connectivity index (χ0) is 12.0. The first kappa shape index (κ1) is 12.0. The lowest BCUT2D eigenvalue weighted by molar-refractivity contribution is -0.141. The van der Waals surface area contributed by atoms with Crippen LogP contribution in [-0.4, -0.2) is 35.1 Å². The van der Waals surface area contributed by atoms with Crippen molar-refractivity contribution in [1.29, 1.82) is 0 Å². The van der Waals surface area contributed by atoms with E-state index in [0.29, 0.717) is 0 Å². The Kier molecular flexibility index (Phi) is 4.26. The Morgan fingerprint density at radius 1 is 1.56 bits per heavy atom. The van der Waals surface area contributed by atoms with Crippen molar-refractivity contribution in [1.82, 2.24) is 10.3 Å². The lowest BCUT2D eigenvalue weighted by Crippen LogP contribution is -2.30. The number of rotatable bonds is 4. The quantitative estimate of drug-likeness (QED) is 0.707. The van der Waals surface area contributed by atoms with E-state index >= 15 is 0 Å². The molecule has 0 aliphatic rings. The summed E-state index contributed by atoms with van der Waals surface area (Å²) in [6.07, 6.45) is 2.53. The summed E-state index contributed by atoms with van der Waals surface area (Å²) in [5.74, 6) is -1.30. The number of aromatic hydroxyl groups is 1. The number of ether oxygens (including phenoxy) is 1. The van der Waals surface area contributed by atoms with Gasteiger partial charge in [-0.15, -0.1) is 0 Å². The fourth-order valence-corrected chi connectivity index (χ4v) is 1.04. The number of hydrogen-bond donors (Lipinski definition) is 2. The van der Waals surface area contributed by atoms with Crippen LogP contribution in [0.15, 0.2) is 18.5 Å². The maximum atomic E-state index is 11.5. The number of carbonyl (C=O) groups is 2. The molecule has 0 unspecified atom stereocenters. The molecule has 0 aliphatic carbocycles. The molecule has 1 aromatic heterocycles. The van der Waals surface area contributed by atoms with Gasteiger partial charge in [0.1, 0.15) is 12.3 Å². The van der Waals surface area contributed by atoms with Gasteiger partial charge in [-0.3, -0.25) is 14.6 Å². The first-order valence-corrected chi connectivity index (χ1v) is 4.72. The molecule has 6 heteroatoms. The normalized spacial score (nSPS) is 9.56. The predicted octanol–water partition coefficient (Wildman–Crippen LogP) is 0.0801. The summed E-state index contributed by atoms with van der Waals surface area (Å²) in [7, 11) is 0. The number of carbonyl (C=O) groups excluding carboxylic acids is 2. The van der Waals surface area contributed by atoms with Gasteiger partial charge in [-0.25, -0.2) is 0 Å². The summed E-state index contributed by atoms with van der Waals surface area (Å²) >= 11 is 0. The highest BCUT2D eigenvalue weighted by Crippen LogP contribution is 2.12. The van der Waals surface area contributed by atoms with E-state index in [-0.39, 0.29) is 24.5 Å². The Bertz CT molecular complexity index is 392. The summed E-state index contributed by atoms with van der Waals surface area (Å²) in [6, 6.07) is 1.36. The third kappa shape index (κ3) is 3.23. The van der Waals surface area contributed by atoms with Crippen LogP contribution in [0.3, 0.4) is 0 Å². The molecule has 0 bridgehead atoms. The molecule has 0 aliphatic heterocycles. The van der Waals surface area contributed by atoms with Crippen LogP contribution in [0, 0.1) is 0 Å². The average Bonchev–Trinajstić information content (AvgIpc) is 2.27. The third-order valence-corrected chi connectivity index (χ3v) is 1.74. The van der Waals surface area contributed by atoms with E-state index in [0.717, 1.165) is 6.20 Å². The molecule has 6 nitrogen and oxygen atoms in total. The first-order chi connectivity index (χ1) is 7.65. The minimum atomic E-state index is -0.548. The molecule has 0 fully saturated rings. The van der Waals surface area contributed by atoms with Crippen molar-refractivity contribution >= 4 is 11.9 Å². The molecule has 0 atom stereocenters. The highest BCUT2D eigenvalue weighted by molar-refractivity contribution is 5.98. The zero-order valence-electron chi connectivity index (χ0n) is 8.77. The van der Waals surface area contributed by atoms with E-state index in [1.807, 2.05) is 0 Å². The van der Waals surface area contributed by atoms with Crippen molar-refractivity contribution in [3.05, 3.63) is 24.0 Å². The molecule has 0 saturated carbocycles. The standard InChI is InChI=1S/C10H12N2O4/c1-2-16-9(14)6-12-10(15)7-3-4-11-5-8(7)13/h3-5,13H,2,6H2,1H3,(H,12,15). The zero-order valence-corrected chi connectivity index (χ0v) is 8.77. The van der Waals surface area contributed by atoms with Gasteiger partial charge in [0.25, 0.3) is 5.91 Å². The Hall–Kier alpha value is -2.11. The van der Waals surface area contributed by atoms with E-state index in [9.17, 15) is 14.7 Å². The summed E-state index contributed by atoms with van der Waals surface area (Å²) in [5, 5.41) is 11.6. The minimum Gasteiger partial charge on any atom is -0.505 e. The number of esters is 1. The molecule has 16 heavy (non-hydrogen) atoms. The number of pyridine rings is 1. The maximum absolute atomic E-state index is 11.5. The largest absolute Gasteiger partial charge is 0.505 e. The number of hydrogen-bond acceptors (Lipinski definition) is 5. The monoisotopic (exact) mass is 224 g/mol. The molecule has 1 rings (SSSR count).